The van der Waals surface area contributed by atoms with Crippen LogP contribution >= 0.6 is 0 Å². The highest BCUT2D eigenvalue weighted by atomic mass is 16.6. The van der Waals surface area contributed by atoms with Gasteiger partial charge in [-0.3, -0.25) is 9.69 Å². The van der Waals surface area contributed by atoms with Crippen molar-refractivity contribution in [1.82, 2.24) is 0 Å². The highest BCUT2D eigenvalue weighted by Gasteiger charge is 2.24. The van der Waals surface area contributed by atoms with Gasteiger partial charge in [-0.1, -0.05) is 18.2 Å². The van der Waals surface area contributed by atoms with Crippen molar-refractivity contribution < 1.29 is 23.9 Å². The van der Waals surface area contributed by atoms with Crippen LogP contribution in [-0.4, -0.2) is 37.6 Å². The summed E-state index contributed by atoms with van der Waals surface area (Å²) in [6.45, 7) is 5.27. The van der Waals surface area contributed by atoms with Crippen LogP contribution in [0.5, 0.6) is 0 Å². The summed E-state index contributed by atoms with van der Waals surface area (Å²) in [5, 5.41) is 0. The van der Waals surface area contributed by atoms with Crippen LogP contribution in [0.1, 0.15) is 47.1 Å². The summed E-state index contributed by atoms with van der Waals surface area (Å²) in [4.78, 5) is 38.5. The topological polar surface area (TPSA) is 98.9 Å². The molecule has 0 heterocycles. The molecule has 28 heavy (non-hydrogen) atoms. The van der Waals surface area contributed by atoms with E-state index in [4.69, 9.17) is 15.2 Å². The number of nitrogens with two attached hydrogens (primary N) is 1. The largest absolute Gasteiger partial charge is 0.465 e. The second kappa shape index (κ2) is 8.12. The third kappa shape index (κ3) is 4.68. The van der Waals surface area contributed by atoms with Crippen molar-refractivity contribution in [1.29, 1.82) is 0 Å². The summed E-state index contributed by atoms with van der Waals surface area (Å²) < 4.78 is 10.1. The van der Waals surface area contributed by atoms with Gasteiger partial charge in [-0.2, -0.15) is 0 Å². The van der Waals surface area contributed by atoms with E-state index in [9.17, 15) is 14.4 Å². The van der Waals surface area contributed by atoms with E-state index in [1.54, 1.807) is 39.0 Å². The van der Waals surface area contributed by atoms with Gasteiger partial charge in [-0.15, -0.1) is 0 Å². The quantitative estimate of drug-likeness (QED) is 0.491. The predicted molar refractivity (Wildman–Crippen MR) is 107 cm³/mol. The molecule has 0 bridgehead atoms. The van der Waals surface area contributed by atoms with Gasteiger partial charge in [0.1, 0.15) is 5.60 Å². The lowest BCUT2D eigenvalue weighted by molar-refractivity contribution is 0.0583. The van der Waals surface area contributed by atoms with Gasteiger partial charge < -0.3 is 15.2 Å². The summed E-state index contributed by atoms with van der Waals surface area (Å²) >= 11 is 0. The first-order valence-electron chi connectivity index (χ1n) is 8.63. The van der Waals surface area contributed by atoms with Crippen LogP contribution in [0.4, 0.5) is 16.2 Å². The molecule has 0 atom stereocenters. The summed E-state index contributed by atoms with van der Waals surface area (Å²) in [7, 11) is 2.76. The van der Waals surface area contributed by atoms with Crippen LogP contribution in [0, 0.1) is 0 Å². The van der Waals surface area contributed by atoms with Crippen molar-refractivity contribution in [2.75, 3.05) is 24.8 Å². The summed E-state index contributed by atoms with van der Waals surface area (Å²) in [6.07, 6.45) is -0.598. The van der Waals surface area contributed by atoms with Crippen molar-refractivity contribution >= 4 is 29.2 Å². The Morgan fingerprint density at radius 3 is 2.18 bits per heavy atom. The number of hydrogen-bond acceptors (Lipinski definition) is 6. The number of carbonyl (C=O) groups excluding carboxylic acids is 3. The lowest BCUT2D eigenvalue weighted by Gasteiger charge is -2.25. The minimum Gasteiger partial charge on any atom is -0.465 e. The second-order valence-corrected chi connectivity index (χ2v) is 7.18. The SMILES string of the molecule is COC(=O)c1ccccc1C(=O)c1ccc(N)c(N(C)C(=O)OC(C)(C)C)c1. The summed E-state index contributed by atoms with van der Waals surface area (Å²) in [6, 6.07) is 10.9. The summed E-state index contributed by atoms with van der Waals surface area (Å²) in [5.41, 5.74) is 6.60. The van der Waals surface area contributed by atoms with Crippen LogP contribution < -0.4 is 10.6 Å². The van der Waals surface area contributed by atoms with E-state index in [-0.39, 0.29) is 22.5 Å². The van der Waals surface area contributed by atoms with Gasteiger partial charge in [0.05, 0.1) is 24.0 Å². The minimum absolute atomic E-state index is 0.161. The van der Waals surface area contributed by atoms with Gasteiger partial charge in [0.25, 0.3) is 0 Å². The number of esters is 1. The molecule has 0 saturated carbocycles. The average molecular weight is 384 g/mol. The zero-order valence-corrected chi connectivity index (χ0v) is 16.6. The molecular weight excluding hydrogens is 360 g/mol. The number of carbonyl (C=O) groups is 3. The Kier molecular flexibility index (Phi) is 6.08. The zero-order valence-electron chi connectivity index (χ0n) is 16.6. The summed E-state index contributed by atoms with van der Waals surface area (Å²) in [5.74, 6) is -0.995. The smallest absolute Gasteiger partial charge is 0.414 e. The molecular formula is C21H24N2O5. The molecule has 148 valence electrons. The monoisotopic (exact) mass is 384 g/mol. The van der Waals surface area contributed by atoms with E-state index >= 15 is 0 Å². The van der Waals surface area contributed by atoms with Crippen molar-refractivity contribution in [3.8, 4) is 0 Å². The van der Waals surface area contributed by atoms with E-state index < -0.39 is 17.7 Å². The Hall–Kier alpha value is -3.35. The van der Waals surface area contributed by atoms with Crippen LogP contribution in [0.2, 0.25) is 0 Å². The molecule has 0 aromatic heterocycles. The number of hydrogen-bond donors (Lipinski definition) is 1. The fourth-order valence-corrected chi connectivity index (χ4v) is 2.53. The number of nitrogens with zero attached hydrogens (tertiary/aromatic N) is 1. The highest BCUT2D eigenvalue weighted by Crippen LogP contribution is 2.27. The Bertz CT molecular complexity index is 915. The van der Waals surface area contributed by atoms with Crippen LogP contribution in [0.3, 0.4) is 0 Å². The molecule has 0 saturated heterocycles. The maximum absolute atomic E-state index is 13.0. The van der Waals surface area contributed by atoms with E-state index in [1.807, 2.05) is 0 Å². The third-order valence-electron chi connectivity index (χ3n) is 3.90. The highest BCUT2D eigenvalue weighted by molar-refractivity contribution is 6.15. The molecule has 2 N–H and O–H groups in total. The number of ether oxygens (including phenoxy) is 2. The molecule has 0 aliphatic carbocycles. The molecule has 2 aromatic carbocycles. The standard InChI is InChI=1S/C21H24N2O5/c1-21(2,3)28-20(26)23(4)17-12-13(10-11-16(17)22)18(24)14-8-6-7-9-15(14)19(25)27-5/h6-12H,22H2,1-5H3. The van der Waals surface area contributed by atoms with Crippen molar-refractivity contribution in [3.63, 3.8) is 0 Å². The van der Waals surface area contributed by atoms with E-state index in [1.165, 1.54) is 43.3 Å². The average Bonchev–Trinajstić information content (AvgIpc) is 2.65. The number of rotatable bonds is 4. The van der Waals surface area contributed by atoms with Crippen molar-refractivity contribution in [2.24, 2.45) is 0 Å². The van der Waals surface area contributed by atoms with Crippen LogP contribution in [0.25, 0.3) is 0 Å². The lowest BCUT2D eigenvalue weighted by atomic mass is 9.97. The van der Waals surface area contributed by atoms with E-state index in [0.29, 0.717) is 11.4 Å². The molecule has 0 unspecified atom stereocenters. The molecule has 7 heteroatoms. The molecule has 0 radical (unpaired) electrons. The number of amides is 1. The predicted octanol–water partition coefficient (Wildman–Crippen LogP) is 3.66. The van der Waals surface area contributed by atoms with Crippen molar-refractivity contribution in [2.45, 2.75) is 26.4 Å². The van der Waals surface area contributed by atoms with Crippen molar-refractivity contribution in [3.05, 3.63) is 59.2 Å². The normalized spacial score (nSPS) is 10.9. The fourth-order valence-electron chi connectivity index (χ4n) is 2.53. The first kappa shape index (κ1) is 21.0. The Balaban J connectivity index is 2.42. The van der Waals surface area contributed by atoms with E-state index in [0.717, 1.165) is 0 Å². The lowest BCUT2D eigenvalue weighted by Crippen LogP contribution is -2.34. The molecule has 2 rings (SSSR count). The van der Waals surface area contributed by atoms with E-state index in [2.05, 4.69) is 0 Å². The second-order valence-electron chi connectivity index (χ2n) is 7.18. The van der Waals surface area contributed by atoms with Crippen LogP contribution in [-0.2, 0) is 9.47 Å². The number of nitrogen functional groups attached to an aromatic ring is 1. The number of anilines is 2. The van der Waals surface area contributed by atoms with Gasteiger partial charge in [0.2, 0.25) is 0 Å². The Labute approximate surface area is 164 Å². The molecule has 0 aliphatic heterocycles. The molecule has 1 amide bonds. The molecule has 0 fully saturated rings. The maximum Gasteiger partial charge on any atom is 0.414 e. The minimum atomic E-state index is -0.674. The molecule has 2 aromatic rings. The third-order valence-corrected chi connectivity index (χ3v) is 3.90. The maximum atomic E-state index is 13.0. The Morgan fingerprint density at radius 1 is 1.00 bits per heavy atom. The van der Waals surface area contributed by atoms with Gasteiger partial charge in [0, 0.05) is 18.2 Å². The number of benzene rings is 2. The molecule has 0 spiro atoms. The Morgan fingerprint density at radius 2 is 1.61 bits per heavy atom. The van der Waals surface area contributed by atoms with Gasteiger partial charge >= 0.3 is 12.1 Å². The van der Waals surface area contributed by atoms with Gasteiger partial charge in [-0.25, -0.2) is 9.59 Å². The molecule has 7 nitrogen and oxygen atoms in total. The number of methoxy groups -OCH3 is 1. The first-order chi connectivity index (χ1) is 13.0. The number of ketones is 1. The fraction of sp³-hybridized carbons (Fsp3) is 0.286. The van der Waals surface area contributed by atoms with Crippen LogP contribution in [0.15, 0.2) is 42.5 Å². The van der Waals surface area contributed by atoms with Gasteiger partial charge in [-0.05, 0) is 45.0 Å². The van der Waals surface area contributed by atoms with Gasteiger partial charge in [0.15, 0.2) is 5.78 Å². The molecule has 0 aliphatic rings. The first-order valence-corrected chi connectivity index (χ1v) is 8.63. The zero-order chi connectivity index (χ0) is 21.1.